The van der Waals surface area contributed by atoms with Crippen LogP contribution in [0, 0.1) is 6.92 Å². The number of benzene rings is 1. The summed E-state index contributed by atoms with van der Waals surface area (Å²) in [6.45, 7) is 6.49. The molecule has 0 spiro atoms. The van der Waals surface area contributed by atoms with E-state index < -0.39 is 5.60 Å². The molecule has 4 nitrogen and oxygen atoms in total. The summed E-state index contributed by atoms with van der Waals surface area (Å²) < 4.78 is 5.81. The fourth-order valence-corrected chi connectivity index (χ4v) is 2.46. The van der Waals surface area contributed by atoms with Crippen molar-refractivity contribution in [1.82, 2.24) is 0 Å². The van der Waals surface area contributed by atoms with Crippen molar-refractivity contribution in [3.8, 4) is 5.75 Å². The predicted molar refractivity (Wildman–Crippen MR) is 79.2 cm³/mol. The predicted octanol–water partition coefficient (Wildman–Crippen LogP) is 2.66. The number of aryl methyl sites for hydroxylation is 1. The molecule has 1 aliphatic rings. The Labute approximate surface area is 120 Å². The fraction of sp³-hybridized carbons (Fsp3) is 0.562. The van der Waals surface area contributed by atoms with Gasteiger partial charge in [-0.05, 0) is 57.7 Å². The highest BCUT2D eigenvalue weighted by atomic mass is 16.5. The van der Waals surface area contributed by atoms with Gasteiger partial charge >= 0.3 is 0 Å². The molecule has 0 aliphatic carbocycles. The lowest BCUT2D eigenvalue weighted by molar-refractivity contribution is -0.132. The molecule has 1 aromatic carbocycles. The molecule has 1 aromatic rings. The van der Waals surface area contributed by atoms with E-state index in [0.717, 1.165) is 36.3 Å². The van der Waals surface area contributed by atoms with Crippen LogP contribution in [0.3, 0.4) is 0 Å². The van der Waals surface area contributed by atoms with Crippen molar-refractivity contribution in [2.45, 2.75) is 45.6 Å². The molecule has 0 bridgehead atoms. The summed E-state index contributed by atoms with van der Waals surface area (Å²) in [7, 11) is 0. The third kappa shape index (κ3) is 2.96. The summed E-state index contributed by atoms with van der Waals surface area (Å²) in [6.07, 6.45) is 2.58. The number of hydrogen-bond acceptors (Lipinski definition) is 3. The molecule has 2 rings (SSSR count). The molecule has 1 heterocycles. The van der Waals surface area contributed by atoms with Crippen molar-refractivity contribution in [3.63, 3.8) is 0 Å². The van der Waals surface area contributed by atoms with Gasteiger partial charge in [-0.25, -0.2) is 0 Å². The summed E-state index contributed by atoms with van der Waals surface area (Å²) in [5.41, 5.74) is 1.15. The average molecular weight is 277 g/mol. The molecule has 1 aliphatic heterocycles. The van der Waals surface area contributed by atoms with Gasteiger partial charge in [0.15, 0.2) is 5.60 Å². The fourth-order valence-electron chi connectivity index (χ4n) is 2.46. The third-order valence-corrected chi connectivity index (χ3v) is 3.57. The molecule has 0 unspecified atom stereocenters. The van der Waals surface area contributed by atoms with Crippen molar-refractivity contribution >= 4 is 11.6 Å². The molecule has 0 radical (unpaired) electrons. The van der Waals surface area contributed by atoms with Gasteiger partial charge in [-0.15, -0.1) is 0 Å². The van der Waals surface area contributed by atoms with Crippen molar-refractivity contribution in [3.05, 3.63) is 23.8 Å². The molecule has 0 saturated heterocycles. The van der Waals surface area contributed by atoms with Gasteiger partial charge in [-0.3, -0.25) is 4.79 Å². The first-order valence-electron chi connectivity index (χ1n) is 7.18. The lowest BCUT2D eigenvalue weighted by atomic mass is 10.0. The number of nitrogens with zero attached hydrogens (tertiary/aromatic N) is 1. The molecule has 0 aromatic heterocycles. The van der Waals surface area contributed by atoms with Crippen LogP contribution in [0.4, 0.5) is 5.69 Å². The highest BCUT2D eigenvalue weighted by Gasteiger charge is 2.40. The summed E-state index contributed by atoms with van der Waals surface area (Å²) in [4.78, 5) is 14.4. The first-order chi connectivity index (χ1) is 9.45. The topological polar surface area (TPSA) is 49.8 Å². The third-order valence-electron chi connectivity index (χ3n) is 3.57. The van der Waals surface area contributed by atoms with E-state index >= 15 is 0 Å². The van der Waals surface area contributed by atoms with E-state index in [1.807, 2.05) is 30.0 Å². The number of aliphatic hydroxyl groups is 1. The van der Waals surface area contributed by atoms with Gasteiger partial charge in [-0.1, -0.05) is 6.07 Å². The number of carbonyl (C=O) groups excluding carboxylic acids is 1. The maximum absolute atomic E-state index is 12.5. The minimum Gasteiger partial charge on any atom is -0.476 e. The smallest absolute Gasteiger partial charge is 0.270 e. The Morgan fingerprint density at radius 1 is 1.25 bits per heavy atom. The van der Waals surface area contributed by atoms with Crippen molar-refractivity contribution in [2.75, 3.05) is 18.1 Å². The number of rotatable bonds is 5. The number of amides is 1. The van der Waals surface area contributed by atoms with E-state index in [9.17, 15) is 4.79 Å². The van der Waals surface area contributed by atoms with Crippen LogP contribution in [-0.2, 0) is 4.79 Å². The minimum absolute atomic E-state index is 0.000372. The summed E-state index contributed by atoms with van der Waals surface area (Å²) in [5, 5.41) is 8.83. The highest BCUT2D eigenvalue weighted by Crippen LogP contribution is 2.38. The Morgan fingerprint density at radius 2 is 2.00 bits per heavy atom. The average Bonchev–Trinajstić information content (AvgIpc) is 2.39. The summed E-state index contributed by atoms with van der Waals surface area (Å²) in [6, 6.07) is 5.92. The molecule has 4 heteroatoms. The van der Waals surface area contributed by atoms with Crippen LogP contribution < -0.4 is 9.64 Å². The molecule has 0 atom stereocenters. The number of unbranched alkanes of at least 4 members (excludes halogenated alkanes) is 2. The number of aliphatic hydroxyl groups excluding tert-OH is 1. The van der Waals surface area contributed by atoms with Gasteiger partial charge in [0.05, 0.1) is 5.69 Å². The SMILES string of the molecule is Cc1ccc2c(c1)N(CCCCCO)C(=O)C(C)(C)O2. The lowest BCUT2D eigenvalue weighted by Crippen LogP contribution is -2.52. The Kier molecular flexibility index (Phi) is 4.33. The monoisotopic (exact) mass is 277 g/mol. The number of ether oxygens (including phenoxy) is 1. The van der Waals surface area contributed by atoms with E-state index in [2.05, 4.69) is 0 Å². The molecule has 0 fully saturated rings. The quantitative estimate of drug-likeness (QED) is 0.842. The normalized spacial score (nSPS) is 16.8. The second-order valence-electron chi connectivity index (χ2n) is 5.82. The molecule has 1 amide bonds. The van der Waals surface area contributed by atoms with Crippen molar-refractivity contribution in [2.24, 2.45) is 0 Å². The lowest BCUT2D eigenvalue weighted by Gasteiger charge is -2.39. The van der Waals surface area contributed by atoms with E-state index in [0.29, 0.717) is 6.54 Å². The zero-order chi connectivity index (χ0) is 14.8. The molecule has 110 valence electrons. The standard InChI is InChI=1S/C16H23NO3/c1-12-7-8-14-13(11-12)17(9-5-4-6-10-18)15(19)16(2,3)20-14/h7-8,11,18H,4-6,9-10H2,1-3H3. The maximum atomic E-state index is 12.5. The first-order valence-corrected chi connectivity index (χ1v) is 7.18. The number of carbonyl (C=O) groups is 1. The van der Waals surface area contributed by atoms with Gasteiger partial charge < -0.3 is 14.7 Å². The van der Waals surface area contributed by atoms with E-state index in [-0.39, 0.29) is 12.5 Å². The molecule has 20 heavy (non-hydrogen) atoms. The Morgan fingerprint density at radius 3 is 2.70 bits per heavy atom. The van der Waals surface area contributed by atoms with Crippen LogP contribution in [0.2, 0.25) is 0 Å². The molecular formula is C16H23NO3. The van der Waals surface area contributed by atoms with Crippen LogP contribution in [0.1, 0.15) is 38.7 Å². The van der Waals surface area contributed by atoms with E-state index in [1.54, 1.807) is 13.8 Å². The van der Waals surface area contributed by atoms with E-state index in [4.69, 9.17) is 9.84 Å². The molecule has 1 N–H and O–H groups in total. The van der Waals surface area contributed by atoms with Crippen molar-refractivity contribution in [1.29, 1.82) is 0 Å². The largest absolute Gasteiger partial charge is 0.476 e. The minimum atomic E-state index is -0.820. The van der Waals surface area contributed by atoms with E-state index in [1.165, 1.54) is 0 Å². The van der Waals surface area contributed by atoms with Gasteiger partial charge in [0, 0.05) is 13.2 Å². The van der Waals surface area contributed by atoms with Crippen molar-refractivity contribution < 1.29 is 14.6 Å². The Hall–Kier alpha value is -1.55. The molecular weight excluding hydrogens is 254 g/mol. The van der Waals surface area contributed by atoms with Gasteiger partial charge in [0.1, 0.15) is 5.75 Å². The van der Waals surface area contributed by atoms with Crippen LogP contribution in [-0.4, -0.2) is 29.8 Å². The number of anilines is 1. The number of hydrogen-bond donors (Lipinski definition) is 1. The number of fused-ring (bicyclic) bond motifs is 1. The van der Waals surface area contributed by atoms with Crippen LogP contribution >= 0.6 is 0 Å². The van der Waals surface area contributed by atoms with Crippen LogP contribution in [0.15, 0.2) is 18.2 Å². The maximum Gasteiger partial charge on any atom is 0.270 e. The Balaban J connectivity index is 2.23. The zero-order valence-corrected chi connectivity index (χ0v) is 12.5. The van der Waals surface area contributed by atoms with Crippen LogP contribution in [0.5, 0.6) is 5.75 Å². The van der Waals surface area contributed by atoms with Gasteiger partial charge in [0.25, 0.3) is 5.91 Å². The summed E-state index contributed by atoms with van der Waals surface area (Å²) >= 11 is 0. The van der Waals surface area contributed by atoms with Crippen LogP contribution in [0.25, 0.3) is 0 Å². The summed E-state index contributed by atoms with van der Waals surface area (Å²) in [5.74, 6) is 0.766. The zero-order valence-electron chi connectivity index (χ0n) is 12.5. The second-order valence-corrected chi connectivity index (χ2v) is 5.82. The first kappa shape index (κ1) is 14.9. The Bertz CT molecular complexity index is 496. The van der Waals surface area contributed by atoms with Gasteiger partial charge in [0.2, 0.25) is 0 Å². The molecule has 0 saturated carbocycles. The van der Waals surface area contributed by atoms with Gasteiger partial charge in [-0.2, -0.15) is 0 Å². The second kappa shape index (κ2) is 5.83. The highest BCUT2D eigenvalue weighted by molar-refractivity contribution is 6.02.